The van der Waals surface area contributed by atoms with Gasteiger partial charge in [-0.2, -0.15) is 0 Å². The molecule has 5 nitrogen and oxygen atoms in total. The van der Waals surface area contributed by atoms with E-state index in [1.807, 2.05) is 0 Å². The number of benzene rings is 1. The monoisotopic (exact) mass is 352 g/mol. The fraction of sp³-hybridized carbons (Fsp3) is 0.150. The van der Waals surface area contributed by atoms with Gasteiger partial charge in [0.1, 0.15) is 11.4 Å². The van der Waals surface area contributed by atoms with Gasteiger partial charge < -0.3 is 9.72 Å². The van der Waals surface area contributed by atoms with Crippen LogP contribution in [-0.4, -0.2) is 15.9 Å². The van der Waals surface area contributed by atoms with Crippen molar-refractivity contribution in [3.8, 4) is 0 Å². The van der Waals surface area contributed by atoms with Crippen molar-refractivity contribution in [2.45, 2.75) is 20.0 Å². The van der Waals surface area contributed by atoms with Gasteiger partial charge >= 0.3 is 5.97 Å². The first-order valence-corrected chi connectivity index (χ1v) is 8.03. The zero-order valence-electron chi connectivity index (χ0n) is 14.3. The van der Waals surface area contributed by atoms with Gasteiger partial charge in [-0.05, 0) is 49.7 Å². The molecule has 26 heavy (non-hydrogen) atoms. The summed E-state index contributed by atoms with van der Waals surface area (Å²) in [6.45, 7) is 3.39. The number of ether oxygens (including phenoxy) is 1. The standard InChI is InChI=1S/C20H17FN2O3/c1-12-10-13(2)23-19(24)17(12)20(25)26-18(16-8-3-4-9-22-16)14-6-5-7-15(21)11-14/h3-11,18H,1-2H3,(H,23,24)/t18-/m1/s1. The van der Waals surface area contributed by atoms with Crippen molar-refractivity contribution in [2.75, 3.05) is 0 Å². The number of nitrogens with one attached hydrogen (secondary N) is 1. The largest absolute Gasteiger partial charge is 0.447 e. The van der Waals surface area contributed by atoms with Crippen molar-refractivity contribution in [3.63, 3.8) is 0 Å². The highest BCUT2D eigenvalue weighted by atomic mass is 19.1. The Kier molecular flexibility index (Phi) is 4.93. The lowest BCUT2D eigenvalue weighted by Crippen LogP contribution is -2.24. The van der Waals surface area contributed by atoms with Crippen LogP contribution < -0.4 is 5.56 Å². The first-order chi connectivity index (χ1) is 12.5. The maximum atomic E-state index is 13.7. The van der Waals surface area contributed by atoms with Crippen LogP contribution >= 0.6 is 0 Å². The third-order valence-electron chi connectivity index (χ3n) is 3.90. The van der Waals surface area contributed by atoms with Gasteiger partial charge in [0.2, 0.25) is 0 Å². The molecule has 0 radical (unpaired) electrons. The highest BCUT2D eigenvalue weighted by Crippen LogP contribution is 2.26. The first kappa shape index (κ1) is 17.5. The van der Waals surface area contributed by atoms with E-state index in [0.29, 0.717) is 22.5 Å². The zero-order chi connectivity index (χ0) is 18.7. The number of carbonyl (C=O) groups excluding carboxylic acids is 1. The van der Waals surface area contributed by atoms with E-state index in [2.05, 4.69) is 9.97 Å². The molecule has 3 rings (SSSR count). The molecular formula is C20H17FN2O3. The average molecular weight is 352 g/mol. The van der Waals surface area contributed by atoms with Gasteiger partial charge in [0, 0.05) is 17.5 Å². The number of H-pyrrole nitrogens is 1. The number of nitrogens with zero attached hydrogens (tertiary/aromatic N) is 1. The second-order valence-corrected chi connectivity index (χ2v) is 5.93. The van der Waals surface area contributed by atoms with Gasteiger partial charge in [-0.15, -0.1) is 0 Å². The molecule has 2 aromatic heterocycles. The number of esters is 1. The molecule has 1 atom stereocenters. The van der Waals surface area contributed by atoms with Gasteiger partial charge in [0.05, 0.1) is 5.69 Å². The molecule has 0 aliphatic carbocycles. The number of carbonyl (C=O) groups is 1. The van der Waals surface area contributed by atoms with E-state index >= 15 is 0 Å². The summed E-state index contributed by atoms with van der Waals surface area (Å²) < 4.78 is 19.2. The molecule has 1 N–H and O–H groups in total. The predicted octanol–water partition coefficient (Wildman–Crippen LogP) is 3.47. The van der Waals surface area contributed by atoms with E-state index in [0.717, 1.165) is 0 Å². The fourth-order valence-corrected chi connectivity index (χ4v) is 2.77. The smallest absolute Gasteiger partial charge is 0.345 e. The zero-order valence-corrected chi connectivity index (χ0v) is 14.3. The molecule has 0 spiro atoms. The van der Waals surface area contributed by atoms with Crippen LogP contribution in [0.3, 0.4) is 0 Å². The van der Waals surface area contributed by atoms with Crippen LogP contribution in [0.15, 0.2) is 59.5 Å². The van der Waals surface area contributed by atoms with Gasteiger partial charge in [-0.3, -0.25) is 9.78 Å². The Balaban J connectivity index is 2.02. The normalized spacial score (nSPS) is 11.8. The Hall–Kier alpha value is -3.28. The Labute approximate surface area is 149 Å². The number of aryl methyl sites for hydroxylation is 2. The summed E-state index contributed by atoms with van der Waals surface area (Å²) in [5.41, 5.74) is 1.43. The first-order valence-electron chi connectivity index (χ1n) is 8.03. The van der Waals surface area contributed by atoms with E-state index < -0.39 is 23.4 Å². The molecule has 2 heterocycles. The van der Waals surface area contributed by atoms with Crippen LogP contribution in [0.5, 0.6) is 0 Å². The van der Waals surface area contributed by atoms with Crippen LogP contribution in [0.4, 0.5) is 4.39 Å². The Morgan fingerprint density at radius 3 is 2.62 bits per heavy atom. The van der Waals surface area contributed by atoms with Gasteiger partial charge in [0.15, 0.2) is 6.10 Å². The number of hydrogen-bond donors (Lipinski definition) is 1. The van der Waals surface area contributed by atoms with E-state index in [1.54, 1.807) is 50.4 Å². The Morgan fingerprint density at radius 2 is 1.96 bits per heavy atom. The van der Waals surface area contributed by atoms with Crippen LogP contribution in [0, 0.1) is 19.7 Å². The lowest BCUT2D eigenvalue weighted by molar-refractivity contribution is 0.0367. The van der Waals surface area contributed by atoms with E-state index in [1.165, 1.54) is 18.2 Å². The summed E-state index contributed by atoms with van der Waals surface area (Å²) in [6, 6.07) is 12.6. The van der Waals surface area contributed by atoms with Crippen LogP contribution in [0.2, 0.25) is 0 Å². The number of pyridine rings is 2. The summed E-state index contributed by atoms with van der Waals surface area (Å²) >= 11 is 0. The van der Waals surface area contributed by atoms with Gasteiger partial charge in [0.25, 0.3) is 5.56 Å². The minimum Gasteiger partial charge on any atom is -0.447 e. The predicted molar refractivity (Wildman–Crippen MR) is 94.4 cm³/mol. The molecular weight excluding hydrogens is 335 g/mol. The number of aromatic amines is 1. The van der Waals surface area contributed by atoms with E-state index in [9.17, 15) is 14.0 Å². The second-order valence-electron chi connectivity index (χ2n) is 5.93. The van der Waals surface area contributed by atoms with Crippen molar-refractivity contribution < 1.29 is 13.9 Å². The molecule has 0 amide bonds. The number of aromatic nitrogens is 2. The summed E-state index contributed by atoms with van der Waals surface area (Å²) in [5, 5.41) is 0. The maximum Gasteiger partial charge on any atom is 0.345 e. The Bertz CT molecular complexity index is 999. The maximum absolute atomic E-state index is 13.7. The molecule has 0 saturated carbocycles. The lowest BCUT2D eigenvalue weighted by atomic mass is 10.1. The minimum atomic E-state index is -0.931. The molecule has 6 heteroatoms. The SMILES string of the molecule is Cc1cc(C)c(C(=O)O[C@H](c2cccc(F)c2)c2ccccn2)c(=O)[nH]1. The molecule has 0 aliphatic heterocycles. The third-order valence-corrected chi connectivity index (χ3v) is 3.90. The van der Waals surface area contributed by atoms with Crippen molar-refractivity contribution in [3.05, 3.63) is 99.0 Å². The minimum absolute atomic E-state index is 0.0760. The molecule has 1 aromatic carbocycles. The molecule has 0 saturated heterocycles. The molecule has 0 unspecified atom stereocenters. The van der Waals surface area contributed by atoms with Crippen molar-refractivity contribution in [1.82, 2.24) is 9.97 Å². The lowest BCUT2D eigenvalue weighted by Gasteiger charge is -2.18. The summed E-state index contributed by atoms with van der Waals surface area (Å²) in [7, 11) is 0. The van der Waals surface area contributed by atoms with Crippen LogP contribution in [0.25, 0.3) is 0 Å². The topological polar surface area (TPSA) is 72.0 Å². The van der Waals surface area contributed by atoms with Crippen molar-refractivity contribution >= 4 is 5.97 Å². The van der Waals surface area contributed by atoms with Gasteiger partial charge in [-0.1, -0.05) is 18.2 Å². The van der Waals surface area contributed by atoms with Crippen molar-refractivity contribution in [2.24, 2.45) is 0 Å². The number of rotatable bonds is 4. The third kappa shape index (κ3) is 3.69. The number of halogens is 1. The number of hydrogen-bond acceptors (Lipinski definition) is 4. The highest BCUT2D eigenvalue weighted by Gasteiger charge is 2.24. The summed E-state index contributed by atoms with van der Waals surface area (Å²) in [4.78, 5) is 31.7. The summed E-state index contributed by atoms with van der Waals surface area (Å²) in [6.07, 6.45) is 0.624. The molecule has 0 aliphatic rings. The molecule has 132 valence electrons. The van der Waals surface area contributed by atoms with Crippen molar-refractivity contribution in [1.29, 1.82) is 0 Å². The Morgan fingerprint density at radius 1 is 1.15 bits per heavy atom. The quantitative estimate of drug-likeness (QED) is 0.730. The summed E-state index contributed by atoms with van der Waals surface area (Å²) in [5.74, 6) is -1.24. The molecule has 0 fully saturated rings. The fourth-order valence-electron chi connectivity index (χ4n) is 2.77. The molecule has 0 bridgehead atoms. The van der Waals surface area contributed by atoms with E-state index in [-0.39, 0.29) is 5.56 Å². The van der Waals surface area contributed by atoms with Crippen LogP contribution in [-0.2, 0) is 4.74 Å². The highest BCUT2D eigenvalue weighted by molar-refractivity contribution is 5.90. The second kappa shape index (κ2) is 7.31. The van der Waals surface area contributed by atoms with E-state index in [4.69, 9.17) is 4.74 Å². The molecule has 3 aromatic rings. The van der Waals surface area contributed by atoms with Crippen LogP contribution in [0.1, 0.15) is 39.0 Å². The average Bonchev–Trinajstić information content (AvgIpc) is 2.59. The van der Waals surface area contributed by atoms with Gasteiger partial charge in [-0.25, -0.2) is 9.18 Å².